The fraction of sp³-hybridized carbons (Fsp3) is 0.571. The van der Waals surface area contributed by atoms with Gasteiger partial charge in [-0.05, 0) is 43.4 Å². The summed E-state index contributed by atoms with van der Waals surface area (Å²) in [5.74, 6) is 0.812. The van der Waals surface area contributed by atoms with Crippen LogP contribution >= 0.6 is 0 Å². The SMILES string of the molecule is CN(CCN)CC1CCc2ccccc2C1. The van der Waals surface area contributed by atoms with Gasteiger partial charge in [0, 0.05) is 19.6 Å². The summed E-state index contributed by atoms with van der Waals surface area (Å²) >= 11 is 0. The van der Waals surface area contributed by atoms with Crippen LogP contribution in [0.5, 0.6) is 0 Å². The Hall–Kier alpha value is -0.860. The molecule has 2 N–H and O–H groups in total. The predicted octanol–water partition coefficient (Wildman–Crippen LogP) is 1.68. The highest BCUT2D eigenvalue weighted by molar-refractivity contribution is 5.29. The van der Waals surface area contributed by atoms with Gasteiger partial charge in [-0.3, -0.25) is 0 Å². The smallest absolute Gasteiger partial charge is 0.0102 e. The van der Waals surface area contributed by atoms with Gasteiger partial charge in [-0.15, -0.1) is 0 Å². The van der Waals surface area contributed by atoms with Gasteiger partial charge < -0.3 is 10.6 Å². The zero-order chi connectivity index (χ0) is 11.4. The average Bonchev–Trinajstić information content (AvgIpc) is 2.29. The quantitative estimate of drug-likeness (QED) is 0.833. The minimum Gasteiger partial charge on any atom is -0.329 e. The van der Waals surface area contributed by atoms with Crippen molar-refractivity contribution in [2.45, 2.75) is 19.3 Å². The molecule has 1 aromatic carbocycles. The standard InChI is InChI=1S/C14H22N2/c1-16(9-8-15)11-12-6-7-13-4-2-3-5-14(13)10-12/h2-5,12H,6-11,15H2,1H3. The first-order valence-corrected chi connectivity index (χ1v) is 6.25. The number of benzene rings is 1. The van der Waals surface area contributed by atoms with E-state index in [4.69, 9.17) is 5.73 Å². The lowest BCUT2D eigenvalue weighted by atomic mass is 9.84. The first kappa shape index (κ1) is 11.6. The molecule has 1 aliphatic carbocycles. The summed E-state index contributed by atoms with van der Waals surface area (Å²) < 4.78 is 0. The van der Waals surface area contributed by atoms with Gasteiger partial charge in [0.25, 0.3) is 0 Å². The van der Waals surface area contributed by atoms with Gasteiger partial charge in [0.05, 0.1) is 0 Å². The maximum atomic E-state index is 5.57. The van der Waals surface area contributed by atoms with Gasteiger partial charge in [-0.1, -0.05) is 24.3 Å². The van der Waals surface area contributed by atoms with Crippen molar-refractivity contribution < 1.29 is 0 Å². The molecule has 88 valence electrons. The van der Waals surface area contributed by atoms with E-state index in [0.29, 0.717) is 0 Å². The van der Waals surface area contributed by atoms with Gasteiger partial charge in [0.2, 0.25) is 0 Å². The molecular formula is C14H22N2. The molecule has 1 aromatic rings. The molecule has 1 unspecified atom stereocenters. The topological polar surface area (TPSA) is 29.3 Å². The lowest BCUT2D eigenvalue weighted by Gasteiger charge is -2.28. The van der Waals surface area contributed by atoms with Crippen molar-refractivity contribution in [3.05, 3.63) is 35.4 Å². The lowest BCUT2D eigenvalue weighted by molar-refractivity contribution is 0.266. The Morgan fingerprint density at radius 2 is 2.06 bits per heavy atom. The van der Waals surface area contributed by atoms with Crippen LogP contribution in [0.3, 0.4) is 0 Å². The van der Waals surface area contributed by atoms with E-state index in [1.807, 2.05) is 0 Å². The van der Waals surface area contributed by atoms with E-state index in [1.165, 1.54) is 25.8 Å². The van der Waals surface area contributed by atoms with E-state index >= 15 is 0 Å². The largest absolute Gasteiger partial charge is 0.329 e. The first-order valence-electron chi connectivity index (χ1n) is 6.25. The fourth-order valence-electron chi connectivity index (χ4n) is 2.68. The van der Waals surface area contributed by atoms with Crippen LogP contribution in [-0.2, 0) is 12.8 Å². The molecule has 1 aliphatic rings. The second-order valence-corrected chi connectivity index (χ2v) is 4.93. The number of nitrogens with zero attached hydrogens (tertiary/aromatic N) is 1. The molecule has 0 saturated heterocycles. The number of hydrogen-bond acceptors (Lipinski definition) is 2. The number of nitrogens with two attached hydrogens (primary N) is 1. The summed E-state index contributed by atoms with van der Waals surface area (Å²) in [6.07, 6.45) is 3.81. The maximum Gasteiger partial charge on any atom is 0.0102 e. The van der Waals surface area contributed by atoms with E-state index in [2.05, 4.69) is 36.2 Å². The number of hydrogen-bond donors (Lipinski definition) is 1. The van der Waals surface area contributed by atoms with Crippen molar-refractivity contribution in [3.63, 3.8) is 0 Å². The number of likely N-dealkylation sites (N-methyl/N-ethyl adjacent to an activating group) is 1. The van der Waals surface area contributed by atoms with Crippen LogP contribution in [-0.4, -0.2) is 31.6 Å². The lowest BCUT2D eigenvalue weighted by Crippen LogP contribution is -2.32. The first-order chi connectivity index (χ1) is 7.79. The molecular weight excluding hydrogens is 196 g/mol. The van der Waals surface area contributed by atoms with E-state index in [9.17, 15) is 0 Å². The Kier molecular flexibility index (Phi) is 3.97. The fourth-order valence-corrected chi connectivity index (χ4v) is 2.68. The van der Waals surface area contributed by atoms with Crippen molar-refractivity contribution in [2.24, 2.45) is 11.7 Å². The molecule has 0 heterocycles. The minimum atomic E-state index is 0.764. The number of fused-ring (bicyclic) bond motifs is 1. The van der Waals surface area contributed by atoms with Crippen LogP contribution in [0.25, 0.3) is 0 Å². The van der Waals surface area contributed by atoms with E-state index < -0.39 is 0 Å². The van der Waals surface area contributed by atoms with Crippen LogP contribution in [0.1, 0.15) is 17.5 Å². The van der Waals surface area contributed by atoms with Crippen molar-refractivity contribution in [2.75, 3.05) is 26.7 Å². The molecule has 0 saturated carbocycles. The molecule has 0 aromatic heterocycles. The van der Waals surface area contributed by atoms with Gasteiger partial charge in [-0.2, -0.15) is 0 Å². The Morgan fingerprint density at radius 1 is 1.31 bits per heavy atom. The summed E-state index contributed by atoms with van der Waals surface area (Å²) in [7, 11) is 2.17. The van der Waals surface area contributed by atoms with Gasteiger partial charge in [-0.25, -0.2) is 0 Å². The Bertz CT molecular complexity index is 335. The molecule has 16 heavy (non-hydrogen) atoms. The van der Waals surface area contributed by atoms with Crippen LogP contribution < -0.4 is 5.73 Å². The van der Waals surface area contributed by atoms with Crippen molar-refractivity contribution in [1.82, 2.24) is 4.90 Å². The van der Waals surface area contributed by atoms with Crippen molar-refractivity contribution in [3.8, 4) is 0 Å². The number of rotatable bonds is 4. The Balaban J connectivity index is 1.92. The normalized spacial score (nSPS) is 19.8. The van der Waals surface area contributed by atoms with Crippen LogP contribution in [0.4, 0.5) is 0 Å². The second kappa shape index (κ2) is 5.46. The zero-order valence-corrected chi connectivity index (χ0v) is 10.2. The highest BCUT2D eigenvalue weighted by Crippen LogP contribution is 2.25. The molecule has 2 rings (SSSR count). The van der Waals surface area contributed by atoms with Crippen molar-refractivity contribution >= 4 is 0 Å². The summed E-state index contributed by atoms with van der Waals surface area (Å²) in [5, 5.41) is 0. The van der Waals surface area contributed by atoms with E-state index in [1.54, 1.807) is 11.1 Å². The maximum absolute atomic E-state index is 5.57. The molecule has 1 atom stereocenters. The van der Waals surface area contributed by atoms with Gasteiger partial charge >= 0.3 is 0 Å². The van der Waals surface area contributed by atoms with Crippen LogP contribution in [0.2, 0.25) is 0 Å². The Morgan fingerprint density at radius 3 is 2.81 bits per heavy atom. The Labute approximate surface area is 98.4 Å². The third-order valence-electron chi connectivity index (χ3n) is 3.53. The number of aryl methyl sites for hydroxylation is 1. The molecule has 0 fully saturated rings. The molecule has 2 nitrogen and oxygen atoms in total. The van der Waals surface area contributed by atoms with Gasteiger partial charge in [0.1, 0.15) is 0 Å². The monoisotopic (exact) mass is 218 g/mol. The van der Waals surface area contributed by atoms with Crippen LogP contribution in [0, 0.1) is 5.92 Å². The predicted molar refractivity (Wildman–Crippen MR) is 68.5 cm³/mol. The zero-order valence-electron chi connectivity index (χ0n) is 10.2. The van der Waals surface area contributed by atoms with E-state index in [0.717, 1.165) is 19.0 Å². The highest BCUT2D eigenvalue weighted by Gasteiger charge is 2.18. The summed E-state index contributed by atoms with van der Waals surface area (Å²) in [4.78, 5) is 2.36. The average molecular weight is 218 g/mol. The molecule has 0 spiro atoms. The van der Waals surface area contributed by atoms with E-state index in [-0.39, 0.29) is 0 Å². The molecule has 0 bridgehead atoms. The molecule has 0 aliphatic heterocycles. The van der Waals surface area contributed by atoms with Gasteiger partial charge in [0.15, 0.2) is 0 Å². The second-order valence-electron chi connectivity index (χ2n) is 4.93. The summed E-state index contributed by atoms with van der Waals surface area (Å²) in [5.41, 5.74) is 8.68. The third-order valence-corrected chi connectivity index (χ3v) is 3.53. The van der Waals surface area contributed by atoms with Crippen molar-refractivity contribution in [1.29, 1.82) is 0 Å². The van der Waals surface area contributed by atoms with Crippen LogP contribution in [0.15, 0.2) is 24.3 Å². The molecule has 0 radical (unpaired) electrons. The summed E-state index contributed by atoms with van der Waals surface area (Å²) in [6.45, 7) is 2.96. The third kappa shape index (κ3) is 2.83. The molecule has 0 amide bonds. The molecule has 2 heteroatoms. The highest BCUT2D eigenvalue weighted by atomic mass is 15.1. The minimum absolute atomic E-state index is 0.764. The summed E-state index contributed by atoms with van der Waals surface area (Å²) in [6, 6.07) is 8.87.